The third kappa shape index (κ3) is 3.23. The van der Waals surface area contributed by atoms with Crippen LogP contribution in [0.5, 0.6) is 5.75 Å². The Labute approximate surface area is 165 Å². The van der Waals surface area contributed by atoms with Crippen LogP contribution in [0.25, 0.3) is 32.9 Å². The highest BCUT2D eigenvalue weighted by Crippen LogP contribution is 2.38. The molecule has 2 aromatic carbocycles. The summed E-state index contributed by atoms with van der Waals surface area (Å²) >= 11 is 0. The topological polar surface area (TPSA) is 116 Å². The van der Waals surface area contributed by atoms with Gasteiger partial charge in [0.2, 0.25) is 0 Å². The van der Waals surface area contributed by atoms with Gasteiger partial charge in [-0.2, -0.15) is 0 Å². The molecule has 5 N–H and O–H groups in total. The van der Waals surface area contributed by atoms with Gasteiger partial charge in [-0.1, -0.05) is 12.1 Å². The van der Waals surface area contributed by atoms with Gasteiger partial charge >= 0.3 is 0 Å². The van der Waals surface area contributed by atoms with Gasteiger partial charge < -0.3 is 25.9 Å². The van der Waals surface area contributed by atoms with Gasteiger partial charge in [-0.05, 0) is 18.2 Å². The summed E-state index contributed by atoms with van der Waals surface area (Å²) in [6, 6.07) is 10.2. The molecule has 4 rings (SSSR count). The number of hydrogen-bond donors (Lipinski definition) is 3. The first-order valence-electron chi connectivity index (χ1n) is 8.91. The number of pyridine rings is 1. The third-order valence-electron chi connectivity index (χ3n) is 4.71. The van der Waals surface area contributed by atoms with Crippen molar-refractivity contribution in [3.8, 4) is 16.9 Å². The Balaban J connectivity index is 1.98. The van der Waals surface area contributed by atoms with E-state index in [2.05, 4.69) is 9.97 Å². The number of hydrogen-bond acceptors (Lipinski definition) is 5. The Morgan fingerprint density at radius 3 is 2.79 bits per heavy atom. The number of aromatic nitrogens is 2. The maximum atomic E-state index is 14.7. The molecule has 2 heterocycles. The van der Waals surface area contributed by atoms with Crippen LogP contribution in [0.15, 0.2) is 42.6 Å². The largest absolute Gasteiger partial charge is 0.491 e. The Morgan fingerprint density at radius 1 is 1.21 bits per heavy atom. The van der Waals surface area contributed by atoms with Crippen molar-refractivity contribution in [1.82, 2.24) is 9.97 Å². The van der Waals surface area contributed by atoms with E-state index in [0.29, 0.717) is 46.5 Å². The minimum absolute atomic E-state index is 0.0308. The number of H-pyrrole nitrogens is 1. The predicted molar refractivity (Wildman–Crippen MR) is 109 cm³/mol. The smallest absolute Gasteiger partial charge is 0.269 e. The molecular formula is C21H19FN4O3. The van der Waals surface area contributed by atoms with Crippen LogP contribution < -0.4 is 16.2 Å². The Kier molecular flexibility index (Phi) is 4.77. The fourth-order valence-corrected chi connectivity index (χ4v) is 3.37. The highest BCUT2D eigenvalue weighted by molar-refractivity contribution is 6.19. The van der Waals surface area contributed by atoms with Crippen molar-refractivity contribution >= 4 is 33.4 Å². The third-order valence-corrected chi connectivity index (χ3v) is 4.71. The minimum atomic E-state index is -0.683. The number of fused-ring (bicyclic) bond motifs is 3. The molecular weight excluding hydrogens is 375 g/mol. The number of anilines is 1. The van der Waals surface area contributed by atoms with Crippen LogP contribution in [-0.2, 0) is 4.74 Å². The van der Waals surface area contributed by atoms with E-state index in [9.17, 15) is 9.18 Å². The average molecular weight is 394 g/mol. The van der Waals surface area contributed by atoms with Crippen molar-refractivity contribution in [3.63, 3.8) is 0 Å². The molecule has 0 bridgehead atoms. The highest BCUT2D eigenvalue weighted by Gasteiger charge is 2.20. The number of benzene rings is 2. The van der Waals surface area contributed by atoms with Gasteiger partial charge in [0.25, 0.3) is 5.91 Å². The maximum Gasteiger partial charge on any atom is 0.269 e. The van der Waals surface area contributed by atoms with Gasteiger partial charge in [0, 0.05) is 41.3 Å². The van der Waals surface area contributed by atoms with Crippen molar-refractivity contribution in [2.45, 2.75) is 0 Å². The van der Waals surface area contributed by atoms with Crippen LogP contribution in [0.2, 0.25) is 0 Å². The van der Waals surface area contributed by atoms with E-state index >= 15 is 0 Å². The molecule has 0 spiro atoms. The molecule has 0 fully saturated rings. The van der Waals surface area contributed by atoms with E-state index in [0.717, 1.165) is 5.39 Å². The molecule has 8 heteroatoms. The van der Waals surface area contributed by atoms with Gasteiger partial charge in [-0.15, -0.1) is 0 Å². The number of aromatic amines is 1. The summed E-state index contributed by atoms with van der Waals surface area (Å²) in [5, 5.41) is 1.41. The second-order valence-corrected chi connectivity index (χ2v) is 6.52. The monoisotopic (exact) mass is 394 g/mol. The summed E-state index contributed by atoms with van der Waals surface area (Å²) in [6.07, 6.45) is 1.44. The van der Waals surface area contributed by atoms with Gasteiger partial charge in [0.1, 0.15) is 12.4 Å². The number of carbonyl (C=O) groups excluding carboxylic acids is 1. The summed E-state index contributed by atoms with van der Waals surface area (Å²) in [4.78, 5) is 19.3. The number of nitrogen functional groups attached to an aromatic ring is 1. The van der Waals surface area contributed by atoms with Crippen LogP contribution in [-0.4, -0.2) is 36.2 Å². The Hall–Kier alpha value is -3.65. The van der Waals surface area contributed by atoms with Gasteiger partial charge in [-0.3, -0.25) is 4.79 Å². The lowest BCUT2D eigenvalue weighted by molar-refractivity contribution is 0.0997. The van der Waals surface area contributed by atoms with E-state index in [1.54, 1.807) is 31.4 Å². The van der Waals surface area contributed by atoms with Crippen molar-refractivity contribution in [2.75, 3.05) is 26.1 Å². The van der Waals surface area contributed by atoms with Crippen molar-refractivity contribution in [3.05, 3.63) is 54.1 Å². The fourth-order valence-electron chi connectivity index (χ4n) is 3.37. The Morgan fingerprint density at radius 2 is 2.03 bits per heavy atom. The quantitative estimate of drug-likeness (QED) is 0.343. The lowest BCUT2D eigenvalue weighted by atomic mass is 9.99. The normalized spacial score (nSPS) is 11.2. The predicted octanol–water partition coefficient (Wildman–Crippen LogP) is 3.23. The van der Waals surface area contributed by atoms with Crippen LogP contribution in [0, 0.1) is 5.82 Å². The minimum Gasteiger partial charge on any atom is -0.491 e. The molecule has 0 aliphatic heterocycles. The van der Waals surface area contributed by atoms with Crippen molar-refractivity contribution in [2.24, 2.45) is 5.73 Å². The summed E-state index contributed by atoms with van der Waals surface area (Å²) in [7, 11) is 1.60. The molecule has 148 valence electrons. The lowest BCUT2D eigenvalue weighted by Gasteiger charge is -2.09. The summed E-state index contributed by atoms with van der Waals surface area (Å²) < 4.78 is 25.4. The number of methoxy groups -OCH3 is 1. The highest BCUT2D eigenvalue weighted by atomic mass is 19.1. The number of rotatable bonds is 6. The second kappa shape index (κ2) is 7.40. The van der Waals surface area contributed by atoms with Crippen molar-refractivity contribution < 1.29 is 18.7 Å². The first kappa shape index (κ1) is 18.7. The molecule has 4 aromatic rings. The molecule has 7 nitrogen and oxygen atoms in total. The Bertz CT molecular complexity index is 1240. The molecule has 29 heavy (non-hydrogen) atoms. The zero-order valence-electron chi connectivity index (χ0n) is 15.7. The van der Waals surface area contributed by atoms with E-state index in [1.165, 1.54) is 12.3 Å². The van der Waals surface area contributed by atoms with Crippen LogP contribution in [0.4, 0.5) is 10.1 Å². The molecule has 0 unspecified atom stereocenters. The molecule has 0 aliphatic carbocycles. The molecule has 1 amide bonds. The summed E-state index contributed by atoms with van der Waals surface area (Å²) in [5.41, 5.74) is 13.3. The summed E-state index contributed by atoms with van der Waals surface area (Å²) in [5.74, 6) is -0.597. The number of nitrogens with two attached hydrogens (primary N) is 2. The molecule has 0 aliphatic rings. The first-order valence-corrected chi connectivity index (χ1v) is 8.91. The lowest BCUT2D eigenvalue weighted by Crippen LogP contribution is -2.13. The molecule has 0 saturated heterocycles. The van der Waals surface area contributed by atoms with Crippen LogP contribution >= 0.6 is 0 Å². The zero-order valence-corrected chi connectivity index (χ0v) is 15.7. The van der Waals surface area contributed by atoms with E-state index in [4.69, 9.17) is 20.9 Å². The van der Waals surface area contributed by atoms with Crippen LogP contribution in [0.1, 0.15) is 10.5 Å². The van der Waals surface area contributed by atoms with Gasteiger partial charge in [0.05, 0.1) is 23.3 Å². The summed E-state index contributed by atoms with van der Waals surface area (Å²) in [6.45, 7) is 0.857. The van der Waals surface area contributed by atoms with Crippen LogP contribution in [0.3, 0.4) is 0 Å². The SMILES string of the molecule is COCCOc1ccc2c(c1)[nH]c1c(C(N)=O)ncc(-c3cccc(N)c3F)c12. The molecule has 0 saturated carbocycles. The number of primary amides is 1. The van der Waals surface area contributed by atoms with Gasteiger partial charge in [-0.25, -0.2) is 9.37 Å². The van der Waals surface area contributed by atoms with E-state index < -0.39 is 11.7 Å². The second-order valence-electron chi connectivity index (χ2n) is 6.52. The molecule has 2 aromatic heterocycles. The number of nitrogens with one attached hydrogen (secondary N) is 1. The van der Waals surface area contributed by atoms with Gasteiger partial charge in [0.15, 0.2) is 11.5 Å². The number of amides is 1. The first-order chi connectivity index (χ1) is 14.0. The fraction of sp³-hybridized carbons (Fsp3) is 0.143. The number of halogens is 1. The van der Waals surface area contributed by atoms with E-state index in [-0.39, 0.29) is 11.4 Å². The zero-order chi connectivity index (χ0) is 20.5. The molecule has 0 radical (unpaired) electrons. The van der Waals surface area contributed by atoms with Crippen molar-refractivity contribution in [1.29, 1.82) is 0 Å². The number of nitrogens with zero attached hydrogens (tertiary/aromatic N) is 1. The average Bonchev–Trinajstić information content (AvgIpc) is 3.08. The number of carbonyl (C=O) groups is 1. The standard InChI is InChI=1S/C21H19FN4O3/c1-28-7-8-29-11-5-6-13-16(9-11)26-19-17(13)14(10-25-20(19)21(24)27)12-3-2-4-15(23)18(12)22/h2-6,9-10,26H,7-8,23H2,1H3,(H2,24,27). The maximum absolute atomic E-state index is 14.7. The number of ether oxygens (including phenoxy) is 2. The van der Waals surface area contributed by atoms with E-state index in [1.807, 2.05) is 6.07 Å². The molecule has 0 atom stereocenters.